The summed E-state index contributed by atoms with van der Waals surface area (Å²) in [6, 6.07) is 0. The first kappa shape index (κ1) is 11.4. The monoisotopic (exact) mass is 228 g/mol. The minimum absolute atomic E-state index is 0.810. The van der Waals surface area contributed by atoms with Crippen LogP contribution in [-0.2, 0) is 0 Å². The minimum atomic E-state index is -1.14. The highest BCUT2D eigenvalue weighted by Gasteiger charge is 2.91. The van der Waals surface area contributed by atoms with Gasteiger partial charge in [0, 0.05) is 0 Å². The molecule has 2 saturated heterocycles. The molecule has 0 saturated carbocycles. The summed E-state index contributed by atoms with van der Waals surface area (Å²) >= 11 is 0. The van der Waals surface area contributed by atoms with E-state index >= 15 is 0 Å². The molecule has 0 amide bonds. The summed E-state index contributed by atoms with van der Waals surface area (Å²) < 4.78 is 2.34. The van der Waals surface area contributed by atoms with Crippen LogP contribution < -0.4 is 0 Å². The molecule has 2 heteroatoms. The summed E-state index contributed by atoms with van der Waals surface area (Å²) in [4.78, 5) is 1.84. The highest BCUT2D eigenvalue weighted by Crippen LogP contribution is 2.92. The standard InChI is InChI=1S/C13H26NS/c1-7-9-15(6,11(4)10(3)8-2)12-13(15)14(12)5/h10,12-13H,5,7-9H2,1-4,6H3/q+1. The van der Waals surface area contributed by atoms with Crippen LogP contribution in [0.3, 0.4) is 0 Å². The lowest BCUT2D eigenvalue weighted by molar-refractivity contribution is -0.358. The van der Waals surface area contributed by atoms with E-state index in [-0.39, 0.29) is 0 Å². The van der Waals surface area contributed by atoms with E-state index < -0.39 is 8.75 Å². The van der Waals surface area contributed by atoms with Crippen LogP contribution in [0.15, 0.2) is 0 Å². The van der Waals surface area contributed by atoms with Crippen molar-refractivity contribution in [1.29, 1.82) is 0 Å². The fourth-order valence-corrected chi connectivity index (χ4v) is 11.0. The van der Waals surface area contributed by atoms with Crippen molar-refractivity contribution in [2.45, 2.75) is 51.3 Å². The van der Waals surface area contributed by atoms with Gasteiger partial charge in [-0.25, -0.2) is 4.58 Å². The van der Waals surface area contributed by atoms with E-state index in [1.807, 2.05) is 4.86 Å². The van der Waals surface area contributed by atoms with E-state index in [0.29, 0.717) is 0 Å². The number of rotatable bonds is 4. The van der Waals surface area contributed by atoms with E-state index in [0.717, 1.165) is 16.7 Å². The van der Waals surface area contributed by atoms with Gasteiger partial charge < -0.3 is 0 Å². The SMILES string of the molecule is C=[N+]1C2C1S2(C)(CCC)=C(C)C(C)CC. The Morgan fingerprint density at radius 2 is 1.93 bits per heavy atom. The van der Waals surface area contributed by atoms with Gasteiger partial charge in [0.05, 0.1) is 0 Å². The molecule has 2 fully saturated rings. The Morgan fingerprint density at radius 3 is 2.27 bits per heavy atom. The molecular formula is C13H26NS+. The van der Waals surface area contributed by atoms with Gasteiger partial charge in [0.2, 0.25) is 0 Å². The molecular weight excluding hydrogens is 202 g/mol. The topological polar surface area (TPSA) is 3.01 Å². The van der Waals surface area contributed by atoms with Crippen molar-refractivity contribution in [3.8, 4) is 0 Å². The van der Waals surface area contributed by atoms with Crippen molar-refractivity contribution in [2.75, 3.05) is 12.0 Å². The van der Waals surface area contributed by atoms with E-state index in [1.54, 1.807) is 0 Å². The number of fused-ring (bicyclic) bond motifs is 1. The molecule has 2 heterocycles. The van der Waals surface area contributed by atoms with Crippen molar-refractivity contribution in [1.82, 2.24) is 0 Å². The number of hydrogen-bond acceptors (Lipinski definition) is 0. The van der Waals surface area contributed by atoms with Gasteiger partial charge in [0.15, 0.2) is 0 Å². The van der Waals surface area contributed by atoms with Gasteiger partial charge >= 0.3 is 0 Å². The zero-order chi connectivity index (χ0) is 11.5. The third-order valence-electron chi connectivity index (χ3n) is 5.05. The van der Waals surface area contributed by atoms with Crippen LogP contribution in [0.2, 0.25) is 0 Å². The second-order valence-corrected chi connectivity index (χ2v) is 11.4. The van der Waals surface area contributed by atoms with E-state index in [9.17, 15) is 0 Å². The van der Waals surface area contributed by atoms with Crippen LogP contribution in [0.5, 0.6) is 0 Å². The third kappa shape index (κ3) is 1.07. The molecule has 88 valence electrons. The fraction of sp³-hybridized carbons (Fsp3) is 0.846. The molecule has 3 unspecified atom stereocenters. The smallest absolute Gasteiger partial charge is 0.206 e. The quantitative estimate of drug-likeness (QED) is 0.395. The van der Waals surface area contributed by atoms with Crippen molar-refractivity contribution in [3.63, 3.8) is 0 Å². The first-order chi connectivity index (χ1) is 6.93. The predicted octanol–water partition coefficient (Wildman–Crippen LogP) is 3.00. The molecule has 3 atom stereocenters. The maximum absolute atomic E-state index is 4.12. The zero-order valence-electron chi connectivity index (χ0n) is 10.9. The summed E-state index contributed by atoms with van der Waals surface area (Å²) in [5.41, 5.74) is 0. The Bertz CT molecular complexity index is 375. The molecule has 15 heavy (non-hydrogen) atoms. The van der Waals surface area contributed by atoms with Gasteiger partial charge in [-0.2, -0.15) is 0 Å². The Balaban J connectivity index is 2.42. The largest absolute Gasteiger partial charge is 0.256 e. The second-order valence-electron chi connectivity index (χ2n) is 5.73. The summed E-state index contributed by atoms with van der Waals surface area (Å²) in [5, 5.41) is 1.74. The molecule has 2 aliphatic rings. The Hall–Kier alpha value is -0.110. The van der Waals surface area contributed by atoms with Gasteiger partial charge in [-0.15, -0.1) is 8.75 Å². The highest BCUT2D eigenvalue weighted by molar-refractivity contribution is 8.54. The number of nitrogens with zero attached hydrogens (tertiary/aromatic N) is 1. The van der Waals surface area contributed by atoms with Gasteiger partial charge in [0.25, 0.3) is 10.7 Å². The first-order valence-electron chi connectivity index (χ1n) is 6.23. The zero-order valence-corrected chi connectivity index (χ0v) is 11.7. The van der Waals surface area contributed by atoms with Crippen LogP contribution in [0.25, 0.3) is 0 Å². The molecule has 0 radical (unpaired) electrons. The molecule has 0 aromatic carbocycles. The Morgan fingerprint density at radius 1 is 1.40 bits per heavy atom. The van der Waals surface area contributed by atoms with Crippen LogP contribution in [-0.4, -0.2) is 38.9 Å². The molecule has 2 aliphatic heterocycles. The number of hydrogen-bond donors (Lipinski definition) is 0. The lowest BCUT2D eigenvalue weighted by Gasteiger charge is -2.34. The predicted molar refractivity (Wildman–Crippen MR) is 73.8 cm³/mol. The normalized spacial score (nSPS) is 38.5. The molecule has 2 rings (SSSR count). The molecule has 0 bridgehead atoms. The van der Waals surface area contributed by atoms with Crippen LogP contribution in [0.1, 0.15) is 40.5 Å². The van der Waals surface area contributed by atoms with E-state index in [4.69, 9.17) is 0 Å². The first-order valence-corrected chi connectivity index (χ1v) is 8.97. The molecule has 1 nitrogen and oxygen atoms in total. The average Bonchev–Trinajstić information content (AvgIpc) is 3.05. The fourth-order valence-electron chi connectivity index (χ4n) is 3.60. The van der Waals surface area contributed by atoms with Crippen molar-refractivity contribution in [3.05, 3.63) is 0 Å². The Labute approximate surface area is 94.4 Å². The molecule has 0 aliphatic carbocycles. The van der Waals surface area contributed by atoms with Crippen LogP contribution >= 0.6 is 8.75 Å². The van der Waals surface area contributed by atoms with Crippen LogP contribution in [0.4, 0.5) is 0 Å². The molecule has 0 spiro atoms. The summed E-state index contributed by atoms with van der Waals surface area (Å²) in [7, 11) is -1.14. The van der Waals surface area contributed by atoms with Crippen molar-refractivity contribution < 1.29 is 4.58 Å². The van der Waals surface area contributed by atoms with Gasteiger partial charge in [-0.3, -0.25) is 0 Å². The summed E-state index contributed by atoms with van der Waals surface area (Å²) in [6.07, 6.45) is 5.25. The lowest BCUT2D eigenvalue weighted by atomic mass is 10.1. The van der Waals surface area contributed by atoms with Gasteiger partial charge in [-0.1, -0.05) is 25.6 Å². The third-order valence-corrected chi connectivity index (χ3v) is 12.2. The van der Waals surface area contributed by atoms with Gasteiger partial charge in [-0.05, 0) is 37.7 Å². The summed E-state index contributed by atoms with van der Waals surface area (Å²) in [5.74, 6) is 2.26. The maximum atomic E-state index is 4.12. The average molecular weight is 228 g/mol. The summed E-state index contributed by atoms with van der Waals surface area (Å²) in [6.45, 7) is 13.6. The highest BCUT2D eigenvalue weighted by atomic mass is 32.3. The molecule has 0 aromatic rings. The van der Waals surface area contributed by atoms with E-state index in [2.05, 4.69) is 45.2 Å². The lowest BCUT2D eigenvalue weighted by Crippen LogP contribution is -2.24. The Kier molecular flexibility index (Phi) is 2.25. The maximum Gasteiger partial charge on any atom is 0.256 e. The second kappa shape index (κ2) is 2.97. The van der Waals surface area contributed by atoms with Gasteiger partial charge in [0.1, 0.15) is 6.72 Å². The minimum Gasteiger partial charge on any atom is -0.206 e. The molecule has 0 N–H and O–H groups in total. The van der Waals surface area contributed by atoms with E-state index in [1.165, 1.54) is 18.6 Å². The van der Waals surface area contributed by atoms with Crippen molar-refractivity contribution >= 4 is 20.3 Å². The van der Waals surface area contributed by atoms with Crippen molar-refractivity contribution in [2.24, 2.45) is 5.92 Å². The molecule has 0 aromatic heterocycles. The van der Waals surface area contributed by atoms with Crippen LogP contribution in [0, 0.1) is 5.92 Å².